The summed E-state index contributed by atoms with van der Waals surface area (Å²) in [6.45, 7) is 1.78. The van der Waals surface area contributed by atoms with Gasteiger partial charge in [0, 0.05) is 12.0 Å². The van der Waals surface area contributed by atoms with E-state index in [9.17, 15) is 24.9 Å². The third-order valence-corrected chi connectivity index (χ3v) is 9.40. The van der Waals surface area contributed by atoms with Gasteiger partial charge >= 0.3 is 0 Å². The molecule has 2 fully saturated rings. The molecular formula is C34H40ClNO6. The quantitative estimate of drug-likeness (QED) is 0.233. The molecule has 1 saturated heterocycles. The number of rotatable bonds is 10. The molecule has 3 N–H and O–H groups in total. The molecule has 224 valence electrons. The Labute approximate surface area is 252 Å². The van der Waals surface area contributed by atoms with E-state index in [0.29, 0.717) is 35.6 Å². The number of likely N-dealkylation sites (tertiary alicyclic amines) is 1. The van der Waals surface area contributed by atoms with E-state index in [4.69, 9.17) is 16.3 Å². The van der Waals surface area contributed by atoms with Gasteiger partial charge in [-0.1, -0.05) is 60.7 Å². The number of ether oxygens (including phenoxy) is 1. The SMILES string of the molecule is C/C(=C\c1ccc(O)cc1Cl)CC[C@@H](O)C1=C(COc2ccccc2)C[C@H]2C(=O)N(C3CCCCC3)C(=O)[C@H]2[C@H]1CO. The van der Waals surface area contributed by atoms with Crippen LogP contribution in [-0.4, -0.2) is 57.4 Å². The van der Waals surface area contributed by atoms with Crippen LogP contribution in [0.1, 0.15) is 63.9 Å². The Morgan fingerprint density at radius 2 is 1.83 bits per heavy atom. The van der Waals surface area contributed by atoms with Crippen LogP contribution in [0.15, 0.2) is 65.3 Å². The summed E-state index contributed by atoms with van der Waals surface area (Å²) in [6, 6.07) is 14.1. The molecule has 3 aliphatic rings. The van der Waals surface area contributed by atoms with Crippen LogP contribution in [0.3, 0.4) is 0 Å². The van der Waals surface area contributed by atoms with Gasteiger partial charge in [-0.2, -0.15) is 0 Å². The highest BCUT2D eigenvalue weighted by Crippen LogP contribution is 2.47. The van der Waals surface area contributed by atoms with Crippen LogP contribution < -0.4 is 4.74 Å². The average molecular weight is 594 g/mol. The van der Waals surface area contributed by atoms with E-state index in [1.54, 1.807) is 12.1 Å². The molecule has 0 unspecified atom stereocenters. The van der Waals surface area contributed by atoms with Gasteiger partial charge in [0.05, 0.1) is 29.6 Å². The first kappa shape index (κ1) is 30.3. The summed E-state index contributed by atoms with van der Waals surface area (Å²) in [6.07, 6.45) is 6.99. The van der Waals surface area contributed by atoms with Gasteiger partial charge in [0.1, 0.15) is 18.1 Å². The maximum atomic E-state index is 13.8. The molecule has 2 amide bonds. The number of aliphatic hydroxyl groups is 2. The number of carbonyl (C=O) groups is 2. The van der Waals surface area contributed by atoms with Gasteiger partial charge in [-0.3, -0.25) is 14.5 Å². The van der Waals surface area contributed by atoms with Gasteiger partial charge in [0.15, 0.2) is 0 Å². The van der Waals surface area contributed by atoms with Gasteiger partial charge in [-0.05, 0) is 86.1 Å². The molecule has 2 aromatic rings. The molecule has 1 saturated carbocycles. The third kappa shape index (κ3) is 6.43. The summed E-state index contributed by atoms with van der Waals surface area (Å²) in [5, 5.41) is 32.4. The number of benzene rings is 2. The second-order valence-electron chi connectivity index (χ2n) is 11.9. The average Bonchev–Trinajstić information content (AvgIpc) is 3.25. The van der Waals surface area contributed by atoms with Crippen molar-refractivity contribution in [2.75, 3.05) is 13.2 Å². The summed E-state index contributed by atoms with van der Waals surface area (Å²) in [7, 11) is 0. The van der Waals surface area contributed by atoms with Crippen LogP contribution in [0.5, 0.6) is 11.5 Å². The molecule has 8 heteroatoms. The third-order valence-electron chi connectivity index (χ3n) is 9.07. The van der Waals surface area contributed by atoms with Crippen molar-refractivity contribution in [3.05, 3.63) is 75.8 Å². The van der Waals surface area contributed by atoms with Gasteiger partial charge in [0.25, 0.3) is 0 Å². The van der Waals surface area contributed by atoms with Crippen molar-refractivity contribution < 1.29 is 29.6 Å². The van der Waals surface area contributed by atoms with Crippen molar-refractivity contribution in [1.82, 2.24) is 4.90 Å². The van der Waals surface area contributed by atoms with Crippen molar-refractivity contribution >= 4 is 29.5 Å². The highest BCUT2D eigenvalue weighted by Gasteiger charge is 2.56. The standard InChI is InChI=1S/C34H40ClNO6/c1-21(16-22-13-14-25(38)18-29(22)35)12-15-30(39)31-23(20-42-26-10-6-3-7-11-26)17-27-32(28(31)19-37)34(41)36(33(27)40)24-8-4-2-5-9-24/h3,6-7,10-11,13-14,16,18,24,27-28,30,32,37-39H,2,4-5,8-9,12,15,17,19-20H2,1H3/b21-16+/t27-,28+,30-,32-/m1/s1. The predicted octanol–water partition coefficient (Wildman–Crippen LogP) is 5.91. The number of imide groups is 1. The van der Waals surface area contributed by atoms with E-state index in [-0.39, 0.29) is 36.8 Å². The van der Waals surface area contributed by atoms with Gasteiger partial charge in [-0.15, -0.1) is 0 Å². The minimum Gasteiger partial charge on any atom is -0.508 e. The van der Waals surface area contributed by atoms with E-state index in [1.807, 2.05) is 43.3 Å². The molecule has 2 aliphatic carbocycles. The lowest BCUT2D eigenvalue weighted by Gasteiger charge is -2.36. The number of hydrogen-bond donors (Lipinski definition) is 3. The first-order valence-electron chi connectivity index (χ1n) is 15.0. The molecule has 0 aromatic heterocycles. The first-order chi connectivity index (χ1) is 20.3. The summed E-state index contributed by atoms with van der Waals surface area (Å²) in [5.74, 6) is -1.48. The number of carbonyl (C=O) groups excluding carboxylic acids is 2. The normalized spacial score (nSPS) is 24.2. The number of phenolic OH excluding ortho intramolecular Hbond substituents is 1. The van der Waals surface area contributed by atoms with Crippen LogP contribution in [0.2, 0.25) is 5.02 Å². The molecule has 1 heterocycles. The molecule has 2 aromatic carbocycles. The number of para-hydroxylation sites is 1. The Morgan fingerprint density at radius 3 is 2.52 bits per heavy atom. The lowest BCUT2D eigenvalue weighted by atomic mass is 9.68. The van der Waals surface area contributed by atoms with Crippen LogP contribution >= 0.6 is 11.6 Å². The molecule has 4 atom stereocenters. The maximum Gasteiger partial charge on any atom is 0.234 e. The van der Waals surface area contributed by atoms with Crippen molar-refractivity contribution in [1.29, 1.82) is 0 Å². The van der Waals surface area contributed by atoms with Crippen LogP contribution in [-0.2, 0) is 9.59 Å². The van der Waals surface area contributed by atoms with Crippen LogP contribution in [0.4, 0.5) is 0 Å². The Bertz CT molecular complexity index is 1350. The molecule has 5 rings (SSSR count). The zero-order valence-corrected chi connectivity index (χ0v) is 24.8. The summed E-state index contributed by atoms with van der Waals surface area (Å²) >= 11 is 6.28. The molecule has 1 aliphatic heterocycles. The Hall–Kier alpha value is -3.13. The molecule has 7 nitrogen and oxygen atoms in total. The minimum atomic E-state index is -0.928. The smallest absolute Gasteiger partial charge is 0.234 e. The molecule has 0 radical (unpaired) electrons. The first-order valence-corrected chi connectivity index (χ1v) is 15.4. The van der Waals surface area contributed by atoms with E-state index in [1.165, 1.54) is 11.0 Å². The molecular weight excluding hydrogens is 554 g/mol. The number of phenols is 1. The Balaban J connectivity index is 1.41. The van der Waals surface area contributed by atoms with Crippen molar-refractivity contribution in [2.45, 2.75) is 70.4 Å². The number of allylic oxidation sites excluding steroid dienone is 1. The maximum absolute atomic E-state index is 13.8. The number of nitrogens with zero attached hydrogens (tertiary/aromatic N) is 1. The predicted molar refractivity (Wildman–Crippen MR) is 162 cm³/mol. The van der Waals surface area contributed by atoms with Crippen molar-refractivity contribution in [3.8, 4) is 11.5 Å². The van der Waals surface area contributed by atoms with E-state index >= 15 is 0 Å². The number of aliphatic hydroxyl groups excluding tert-OH is 2. The second kappa shape index (κ2) is 13.4. The zero-order chi connectivity index (χ0) is 29.8. The number of aromatic hydroxyl groups is 1. The number of amides is 2. The summed E-state index contributed by atoms with van der Waals surface area (Å²) < 4.78 is 6.09. The lowest BCUT2D eigenvalue weighted by Crippen LogP contribution is -2.42. The van der Waals surface area contributed by atoms with Crippen LogP contribution in [0.25, 0.3) is 6.08 Å². The van der Waals surface area contributed by atoms with Gasteiger partial charge in [0.2, 0.25) is 11.8 Å². The minimum absolute atomic E-state index is 0.0828. The number of hydrogen-bond acceptors (Lipinski definition) is 6. The monoisotopic (exact) mass is 593 g/mol. The highest BCUT2D eigenvalue weighted by molar-refractivity contribution is 6.32. The van der Waals surface area contributed by atoms with Gasteiger partial charge in [-0.25, -0.2) is 0 Å². The number of halogens is 1. The Kier molecular flexibility index (Phi) is 9.71. The molecule has 0 spiro atoms. The topological polar surface area (TPSA) is 107 Å². The molecule has 42 heavy (non-hydrogen) atoms. The van der Waals surface area contributed by atoms with Crippen LogP contribution in [0, 0.1) is 17.8 Å². The fraction of sp³-hybridized carbons (Fsp3) is 0.471. The van der Waals surface area contributed by atoms with E-state index in [0.717, 1.165) is 48.8 Å². The van der Waals surface area contributed by atoms with Gasteiger partial charge < -0.3 is 20.1 Å². The fourth-order valence-electron chi connectivity index (χ4n) is 6.99. The number of fused-ring (bicyclic) bond motifs is 1. The van der Waals surface area contributed by atoms with Crippen molar-refractivity contribution in [2.24, 2.45) is 17.8 Å². The largest absolute Gasteiger partial charge is 0.508 e. The summed E-state index contributed by atoms with van der Waals surface area (Å²) in [4.78, 5) is 29.0. The lowest BCUT2D eigenvalue weighted by molar-refractivity contribution is -0.143. The highest BCUT2D eigenvalue weighted by atomic mass is 35.5. The second-order valence-corrected chi connectivity index (χ2v) is 12.3. The fourth-order valence-corrected chi connectivity index (χ4v) is 7.22. The zero-order valence-electron chi connectivity index (χ0n) is 24.0. The Morgan fingerprint density at radius 1 is 1.10 bits per heavy atom. The van der Waals surface area contributed by atoms with Crippen molar-refractivity contribution in [3.63, 3.8) is 0 Å². The van der Waals surface area contributed by atoms with E-state index < -0.39 is 23.9 Å². The van der Waals surface area contributed by atoms with E-state index in [2.05, 4.69) is 0 Å². The molecule has 0 bridgehead atoms. The summed E-state index contributed by atoms with van der Waals surface area (Å²) in [5.41, 5.74) is 3.15.